The molecule has 0 radical (unpaired) electrons. The fourth-order valence-electron chi connectivity index (χ4n) is 5.67. The minimum atomic E-state index is -1.44. The average molecular weight is 507 g/mol. The van der Waals surface area contributed by atoms with Crippen LogP contribution in [-0.2, 0) is 17.8 Å². The summed E-state index contributed by atoms with van der Waals surface area (Å²) < 4.78 is 11.5. The van der Waals surface area contributed by atoms with E-state index in [0.717, 1.165) is 43.0 Å². The fraction of sp³-hybridized carbons (Fsp3) is 0.462. The SMILES string of the molecule is COc1ccc2c(c1)C(=O)N(CC1(C3Cc4nc(NC5CCN(C)CC5)ccc4O3)NC(=O)NC1=O)C2. The van der Waals surface area contributed by atoms with E-state index in [1.165, 1.54) is 0 Å². The van der Waals surface area contributed by atoms with Crippen molar-refractivity contribution in [2.75, 3.05) is 39.1 Å². The number of methoxy groups -OCH3 is 1. The highest BCUT2D eigenvalue weighted by Crippen LogP contribution is 2.36. The van der Waals surface area contributed by atoms with Gasteiger partial charge < -0.3 is 29.9 Å². The van der Waals surface area contributed by atoms with Crippen LogP contribution >= 0.6 is 0 Å². The van der Waals surface area contributed by atoms with Gasteiger partial charge in [0.2, 0.25) is 0 Å². The number of likely N-dealkylation sites (tertiary alicyclic amines) is 1. The topological polar surface area (TPSA) is 125 Å². The first kappa shape index (κ1) is 23.5. The first-order valence-electron chi connectivity index (χ1n) is 12.6. The van der Waals surface area contributed by atoms with Crippen LogP contribution in [-0.4, -0.2) is 84.1 Å². The second kappa shape index (κ2) is 8.91. The first-order valence-corrected chi connectivity index (χ1v) is 12.6. The molecule has 37 heavy (non-hydrogen) atoms. The predicted molar refractivity (Wildman–Crippen MR) is 134 cm³/mol. The van der Waals surface area contributed by atoms with Crippen LogP contribution in [0.1, 0.15) is 34.5 Å². The Morgan fingerprint density at radius 2 is 2.00 bits per heavy atom. The number of hydrogen-bond donors (Lipinski definition) is 3. The van der Waals surface area contributed by atoms with Crippen LogP contribution in [0.15, 0.2) is 30.3 Å². The molecule has 1 aromatic heterocycles. The lowest BCUT2D eigenvalue weighted by molar-refractivity contribution is -0.127. The molecular weight excluding hydrogens is 476 g/mol. The maximum absolute atomic E-state index is 13.2. The van der Waals surface area contributed by atoms with Gasteiger partial charge in [0.05, 0.1) is 19.3 Å². The Labute approximate surface area is 214 Å². The molecule has 6 rings (SSSR count). The number of fused-ring (bicyclic) bond motifs is 2. The summed E-state index contributed by atoms with van der Waals surface area (Å²) in [5, 5.41) is 8.65. The van der Waals surface area contributed by atoms with Crippen molar-refractivity contribution in [3.05, 3.63) is 47.2 Å². The minimum Gasteiger partial charge on any atom is -0.497 e. The number of anilines is 1. The summed E-state index contributed by atoms with van der Waals surface area (Å²) in [4.78, 5) is 47.4. The standard InChI is InChI=1S/C26H30N6O5/c1-31-9-7-16(8-10-31)27-22-6-5-20-19(28-22)12-21(37-20)26(24(34)29-25(35)30-26)14-32-13-15-3-4-17(36-2)11-18(15)23(32)33/h3-6,11,16,21H,7-10,12-14H2,1-2H3,(H,27,28)(H2,29,30,34,35). The molecule has 2 fully saturated rings. The van der Waals surface area contributed by atoms with Crippen molar-refractivity contribution in [3.8, 4) is 11.5 Å². The zero-order valence-electron chi connectivity index (χ0n) is 20.9. The number of urea groups is 1. The molecule has 0 saturated carbocycles. The number of carbonyl (C=O) groups excluding carboxylic acids is 3. The fourth-order valence-corrected chi connectivity index (χ4v) is 5.67. The number of benzene rings is 1. The Hall–Kier alpha value is -3.86. The summed E-state index contributed by atoms with van der Waals surface area (Å²) in [6, 6.07) is 8.83. The van der Waals surface area contributed by atoms with Gasteiger partial charge in [-0.15, -0.1) is 0 Å². The second-order valence-corrected chi connectivity index (χ2v) is 10.2. The summed E-state index contributed by atoms with van der Waals surface area (Å²) in [5.41, 5.74) is 0.645. The molecule has 11 nitrogen and oxygen atoms in total. The number of rotatable bonds is 6. The average Bonchev–Trinajstić information content (AvgIpc) is 3.54. The van der Waals surface area contributed by atoms with Gasteiger partial charge >= 0.3 is 6.03 Å². The second-order valence-electron chi connectivity index (χ2n) is 10.2. The quantitative estimate of drug-likeness (QED) is 0.498. The van der Waals surface area contributed by atoms with Gasteiger partial charge in [0.15, 0.2) is 5.54 Å². The van der Waals surface area contributed by atoms with E-state index in [-0.39, 0.29) is 12.5 Å². The Morgan fingerprint density at radius 1 is 1.19 bits per heavy atom. The van der Waals surface area contributed by atoms with Crippen LogP contribution in [0.2, 0.25) is 0 Å². The molecule has 2 unspecified atom stereocenters. The van der Waals surface area contributed by atoms with Crippen molar-refractivity contribution in [2.45, 2.75) is 43.5 Å². The zero-order valence-corrected chi connectivity index (χ0v) is 20.9. The molecule has 194 valence electrons. The third-order valence-electron chi connectivity index (χ3n) is 7.81. The molecule has 4 aliphatic rings. The number of pyridine rings is 1. The van der Waals surface area contributed by atoms with Gasteiger partial charge in [0.1, 0.15) is 23.4 Å². The third kappa shape index (κ3) is 4.12. The number of carbonyl (C=O) groups is 3. The summed E-state index contributed by atoms with van der Waals surface area (Å²) in [6.07, 6.45) is 1.70. The normalized spacial score (nSPS) is 25.4. The van der Waals surface area contributed by atoms with Crippen LogP contribution in [0.4, 0.5) is 10.6 Å². The zero-order chi connectivity index (χ0) is 25.7. The van der Waals surface area contributed by atoms with E-state index in [4.69, 9.17) is 14.5 Å². The molecule has 2 saturated heterocycles. The van der Waals surface area contributed by atoms with Crippen molar-refractivity contribution in [2.24, 2.45) is 0 Å². The smallest absolute Gasteiger partial charge is 0.322 e. The number of imide groups is 1. The summed E-state index contributed by atoms with van der Waals surface area (Å²) >= 11 is 0. The van der Waals surface area contributed by atoms with Gasteiger partial charge in [-0.05, 0) is 62.8 Å². The van der Waals surface area contributed by atoms with Gasteiger partial charge in [0, 0.05) is 24.6 Å². The number of aromatic nitrogens is 1. The molecule has 11 heteroatoms. The van der Waals surface area contributed by atoms with Crippen LogP contribution in [0.25, 0.3) is 0 Å². The lowest BCUT2D eigenvalue weighted by atomic mass is 9.89. The maximum Gasteiger partial charge on any atom is 0.322 e. The minimum absolute atomic E-state index is 0.0280. The Morgan fingerprint density at radius 3 is 2.73 bits per heavy atom. The molecule has 5 heterocycles. The molecular formula is C26H30N6O5. The predicted octanol–water partition coefficient (Wildman–Crippen LogP) is 1.13. The van der Waals surface area contributed by atoms with Crippen LogP contribution in [0, 0.1) is 0 Å². The highest BCUT2D eigenvalue weighted by molar-refractivity contribution is 6.08. The van der Waals surface area contributed by atoms with E-state index in [9.17, 15) is 14.4 Å². The lowest BCUT2D eigenvalue weighted by Crippen LogP contribution is -2.64. The van der Waals surface area contributed by atoms with E-state index < -0.39 is 23.6 Å². The van der Waals surface area contributed by atoms with E-state index >= 15 is 0 Å². The van der Waals surface area contributed by atoms with Crippen molar-refractivity contribution in [3.63, 3.8) is 0 Å². The van der Waals surface area contributed by atoms with Crippen LogP contribution in [0.5, 0.6) is 11.5 Å². The summed E-state index contributed by atoms with van der Waals surface area (Å²) in [7, 11) is 3.67. The van der Waals surface area contributed by atoms with E-state index in [1.54, 1.807) is 24.1 Å². The van der Waals surface area contributed by atoms with Crippen molar-refractivity contribution in [1.82, 2.24) is 25.4 Å². The van der Waals surface area contributed by atoms with Gasteiger partial charge in [-0.1, -0.05) is 6.07 Å². The summed E-state index contributed by atoms with van der Waals surface area (Å²) in [5.74, 6) is 1.20. The van der Waals surface area contributed by atoms with E-state index in [1.807, 2.05) is 18.2 Å². The van der Waals surface area contributed by atoms with E-state index in [2.05, 4.69) is 27.9 Å². The number of hydrogen-bond acceptors (Lipinski definition) is 8. The summed E-state index contributed by atoms with van der Waals surface area (Å²) in [6.45, 7) is 2.37. The number of amides is 4. The van der Waals surface area contributed by atoms with Gasteiger partial charge in [-0.2, -0.15) is 0 Å². The van der Waals surface area contributed by atoms with Crippen molar-refractivity contribution in [1.29, 1.82) is 0 Å². The van der Waals surface area contributed by atoms with Gasteiger partial charge in [-0.3, -0.25) is 14.9 Å². The molecule has 3 N–H and O–H groups in total. The highest BCUT2D eigenvalue weighted by atomic mass is 16.5. The molecule has 0 aliphatic carbocycles. The van der Waals surface area contributed by atoms with Crippen molar-refractivity contribution < 1.29 is 23.9 Å². The van der Waals surface area contributed by atoms with Crippen LogP contribution in [0.3, 0.4) is 0 Å². The number of piperidine rings is 1. The first-order chi connectivity index (χ1) is 17.8. The highest BCUT2D eigenvalue weighted by Gasteiger charge is 2.57. The molecule has 0 bridgehead atoms. The lowest BCUT2D eigenvalue weighted by Gasteiger charge is -2.34. The largest absolute Gasteiger partial charge is 0.497 e. The number of nitrogens with one attached hydrogen (secondary N) is 3. The van der Waals surface area contributed by atoms with Crippen molar-refractivity contribution >= 4 is 23.7 Å². The van der Waals surface area contributed by atoms with Crippen LogP contribution < -0.4 is 25.4 Å². The molecule has 2 aromatic rings. The number of ether oxygens (including phenoxy) is 2. The van der Waals surface area contributed by atoms with Gasteiger partial charge in [-0.25, -0.2) is 9.78 Å². The molecule has 1 aromatic carbocycles. The van der Waals surface area contributed by atoms with Gasteiger partial charge in [0.25, 0.3) is 11.8 Å². The molecule has 2 atom stereocenters. The molecule has 4 aliphatic heterocycles. The molecule has 0 spiro atoms. The monoisotopic (exact) mass is 506 g/mol. The Bertz CT molecular complexity index is 1280. The third-order valence-corrected chi connectivity index (χ3v) is 7.81. The maximum atomic E-state index is 13.2. The molecule has 4 amide bonds. The Balaban J connectivity index is 1.22. The Kier molecular flexibility index (Phi) is 5.67. The van der Waals surface area contributed by atoms with E-state index in [0.29, 0.717) is 36.1 Å². The number of nitrogens with zero attached hydrogens (tertiary/aromatic N) is 3.